The van der Waals surface area contributed by atoms with Crippen LogP contribution in [0.1, 0.15) is 0 Å². The van der Waals surface area contributed by atoms with Gasteiger partial charge in [-0.25, -0.2) is 4.79 Å². The number of primary amides is 1. The van der Waals surface area contributed by atoms with Crippen LogP contribution >= 0.6 is 16.1 Å². The van der Waals surface area contributed by atoms with Crippen LogP contribution in [0.25, 0.3) is 0 Å². The Kier molecular flexibility index (Phi) is 2.93. The Morgan fingerprint density at radius 1 is 1.42 bits per heavy atom. The molecule has 0 atom stereocenters. The summed E-state index contributed by atoms with van der Waals surface area (Å²) in [6, 6.07) is 8.62. The molecule has 4 nitrogen and oxygen atoms in total. The summed E-state index contributed by atoms with van der Waals surface area (Å²) in [5.74, 6) is 0. The maximum Gasteiger partial charge on any atom is 0.344 e. The molecule has 0 aliphatic carbocycles. The molecule has 0 fully saturated rings. The van der Waals surface area contributed by atoms with E-state index in [0.29, 0.717) is 0 Å². The number of hydrogen-bond donors (Lipinski definition) is 2. The van der Waals surface area contributed by atoms with Crippen LogP contribution in [-0.4, -0.2) is 10.1 Å². The molecule has 0 saturated heterocycles. The van der Waals surface area contributed by atoms with Crippen LogP contribution in [0.15, 0.2) is 30.3 Å². The van der Waals surface area contributed by atoms with Crippen LogP contribution in [0.5, 0.6) is 0 Å². The van der Waals surface area contributed by atoms with Crippen LogP contribution in [0.3, 0.4) is 0 Å². The van der Waals surface area contributed by atoms with Gasteiger partial charge in [0.05, 0.1) is 21.8 Å². The number of nitrogens with two attached hydrogens (primary N) is 1. The van der Waals surface area contributed by atoms with Crippen molar-refractivity contribution in [3.63, 3.8) is 0 Å². The summed E-state index contributed by atoms with van der Waals surface area (Å²) >= 11 is 2.93. The molecule has 1 aromatic carbocycles. The molecule has 2 amide bonds. The maximum atomic E-state index is 10.5. The number of urea groups is 1. The first-order valence-electron chi connectivity index (χ1n) is 3.27. The van der Waals surface area contributed by atoms with E-state index in [1.807, 2.05) is 30.3 Å². The van der Waals surface area contributed by atoms with Crippen molar-refractivity contribution in [1.82, 2.24) is 4.03 Å². The highest BCUT2D eigenvalue weighted by molar-refractivity contribution is 9.07. The van der Waals surface area contributed by atoms with Crippen LogP contribution in [0.4, 0.5) is 10.5 Å². The highest BCUT2D eigenvalue weighted by Gasteiger charge is 2.03. The summed E-state index contributed by atoms with van der Waals surface area (Å²) < 4.78 is 1.03. The summed E-state index contributed by atoms with van der Waals surface area (Å²) in [5, 5.41) is 0. The van der Waals surface area contributed by atoms with Gasteiger partial charge in [0.15, 0.2) is 0 Å². The lowest BCUT2D eigenvalue weighted by Gasteiger charge is -2.13. The van der Waals surface area contributed by atoms with Gasteiger partial charge in [-0.3, -0.25) is 5.43 Å². The first-order chi connectivity index (χ1) is 5.70. The lowest BCUT2D eigenvalue weighted by atomic mass is 10.3. The average Bonchev–Trinajstić information content (AvgIpc) is 2.06. The number of hydrogen-bond acceptors (Lipinski definition) is 2. The Morgan fingerprint density at radius 3 is 2.50 bits per heavy atom. The second kappa shape index (κ2) is 3.96. The fourth-order valence-corrected chi connectivity index (χ4v) is 0.886. The monoisotopic (exact) mass is 229 g/mol. The topological polar surface area (TPSA) is 58.4 Å². The van der Waals surface area contributed by atoms with Crippen LogP contribution in [-0.2, 0) is 0 Å². The summed E-state index contributed by atoms with van der Waals surface area (Å²) in [6.45, 7) is 0. The number of nitrogens with zero attached hydrogens (tertiary/aromatic N) is 1. The van der Waals surface area contributed by atoms with E-state index >= 15 is 0 Å². The lowest BCUT2D eigenvalue weighted by Crippen LogP contribution is -2.31. The molecule has 0 unspecified atom stereocenters. The zero-order valence-corrected chi connectivity index (χ0v) is 7.78. The molecule has 0 saturated carbocycles. The third-order valence-corrected chi connectivity index (χ3v) is 1.72. The molecule has 1 aromatic rings. The Labute approximate surface area is 78.7 Å². The molecular formula is C7H8BrN3O. The van der Waals surface area contributed by atoms with Crippen molar-refractivity contribution in [2.24, 2.45) is 5.73 Å². The molecule has 0 radical (unpaired) electrons. The third-order valence-electron chi connectivity index (χ3n) is 1.19. The van der Waals surface area contributed by atoms with Gasteiger partial charge in [0.2, 0.25) is 0 Å². The average molecular weight is 230 g/mol. The van der Waals surface area contributed by atoms with E-state index in [1.165, 1.54) is 0 Å². The largest absolute Gasteiger partial charge is 0.349 e. The van der Waals surface area contributed by atoms with Gasteiger partial charge < -0.3 is 5.73 Å². The van der Waals surface area contributed by atoms with Gasteiger partial charge in [0.1, 0.15) is 0 Å². The molecule has 3 N–H and O–H groups in total. The SMILES string of the molecule is NC(=O)N(Br)Nc1ccccc1. The zero-order valence-electron chi connectivity index (χ0n) is 6.20. The van der Waals surface area contributed by atoms with E-state index in [4.69, 9.17) is 5.73 Å². The van der Waals surface area contributed by atoms with E-state index in [9.17, 15) is 4.79 Å². The minimum absolute atomic E-state index is 0.598. The number of carbonyl (C=O) groups excluding carboxylic acids is 1. The Balaban J connectivity index is 2.58. The number of benzene rings is 1. The molecular weight excluding hydrogens is 222 g/mol. The molecule has 5 heteroatoms. The van der Waals surface area contributed by atoms with Gasteiger partial charge in [-0.2, -0.15) is 4.03 Å². The summed E-state index contributed by atoms with van der Waals surface area (Å²) in [4.78, 5) is 10.5. The van der Waals surface area contributed by atoms with Crippen molar-refractivity contribution in [3.8, 4) is 0 Å². The number of carbonyl (C=O) groups is 1. The van der Waals surface area contributed by atoms with E-state index in [-0.39, 0.29) is 0 Å². The normalized spacial score (nSPS) is 9.08. The first kappa shape index (κ1) is 8.86. The van der Waals surface area contributed by atoms with Gasteiger partial charge in [-0.05, 0) is 12.1 Å². The number of halogens is 1. The minimum atomic E-state index is -0.598. The Morgan fingerprint density at radius 2 is 2.00 bits per heavy atom. The predicted molar refractivity (Wildman–Crippen MR) is 50.4 cm³/mol. The number of nitrogens with one attached hydrogen (secondary N) is 1. The van der Waals surface area contributed by atoms with Crippen molar-refractivity contribution in [2.45, 2.75) is 0 Å². The van der Waals surface area contributed by atoms with Gasteiger partial charge in [0.25, 0.3) is 0 Å². The van der Waals surface area contributed by atoms with Gasteiger partial charge in [-0.1, -0.05) is 18.2 Å². The standard InChI is InChI=1S/C7H8BrN3O/c8-11(7(9)12)10-6-4-2-1-3-5-6/h1-5,10H,(H2,9,12). The fraction of sp³-hybridized carbons (Fsp3) is 0. The zero-order chi connectivity index (χ0) is 8.97. The lowest BCUT2D eigenvalue weighted by molar-refractivity contribution is 0.240. The first-order valence-corrected chi connectivity index (χ1v) is 3.98. The molecule has 12 heavy (non-hydrogen) atoms. The van der Waals surface area contributed by atoms with Crippen molar-refractivity contribution >= 4 is 27.9 Å². The molecule has 0 aliphatic rings. The van der Waals surface area contributed by atoms with Crippen LogP contribution < -0.4 is 11.2 Å². The number of anilines is 1. The Bertz CT molecular complexity index is 265. The van der Waals surface area contributed by atoms with E-state index in [0.717, 1.165) is 9.72 Å². The quantitative estimate of drug-likeness (QED) is 0.600. The third kappa shape index (κ3) is 2.43. The van der Waals surface area contributed by atoms with Crippen molar-refractivity contribution in [3.05, 3.63) is 30.3 Å². The number of rotatable bonds is 2. The minimum Gasteiger partial charge on any atom is -0.349 e. The highest BCUT2D eigenvalue weighted by Crippen LogP contribution is 2.08. The second-order valence-corrected chi connectivity index (χ2v) is 2.81. The van der Waals surface area contributed by atoms with E-state index < -0.39 is 6.03 Å². The maximum absolute atomic E-state index is 10.5. The molecule has 1 rings (SSSR count). The molecule has 0 heterocycles. The van der Waals surface area contributed by atoms with Crippen molar-refractivity contribution in [2.75, 3.05) is 5.43 Å². The molecule has 0 spiro atoms. The summed E-state index contributed by atoms with van der Waals surface area (Å²) in [5.41, 5.74) is 8.46. The molecule has 0 aliphatic heterocycles. The van der Waals surface area contributed by atoms with Gasteiger partial charge >= 0.3 is 6.03 Å². The van der Waals surface area contributed by atoms with Gasteiger partial charge in [-0.15, -0.1) is 0 Å². The summed E-state index contributed by atoms with van der Waals surface area (Å²) in [7, 11) is 0. The smallest absolute Gasteiger partial charge is 0.344 e. The van der Waals surface area contributed by atoms with Crippen molar-refractivity contribution in [1.29, 1.82) is 0 Å². The molecule has 0 aromatic heterocycles. The van der Waals surface area contributed by atoms with Crippen LogP contribution in [0.2, 0.25) is 0 Å². The van der Waals surface area contributed by atoms with E-state index in [1.54, 1.807) is 0 Å². The summed E-state index contributed by atoms with van der Waals surface area (Å²) in [6.07, 6.45) is 0. The Hall–Kier alpha value is -1.23. The van der Waals surface area contributed by atoms with Crippen molar-refractivity contribution < 1.29 is 4.79 Å². The second-order valence-electron chi connectivity index (χ2n) is 2.10. The van der Waals surface area contributed by atoms with E-state index in [2.05, 4.69) is 21.6 Å². The highest BCUT2D eigenvalue weighted by atomic mass is 79.9. The predicted octanol–water partition coefficient (Wildman–Crippen LogP) is 1.70. The van der Waals surface area contributed by atoms with Crippen LogP contribution in [0, 0.1) is 0 Å². The molecule has 0 bridgehead atoms. The number of hydrazine groups is 1. The van der Waals surface area contributed by atoms with Gasteiger partial charge in [0, 0.05) is 0 Å². The molecule has 64 valence electrons. The fourth-order valence-electron chi connectivity index (χ4n) is 0.681. The number of amides is 2. The number of para-hydroxylation sites is 1.